The Kier molecular flexibility index (Phi) is 10.0. The normalized spacial score (nSPS) is 17.9. The summed E-state index contributed by atoms with van der Waals surface area (Å²) in [7, 11) is 0. The minimum atomic E-state index is -0.330. The molecule has 264 valence electrons. The molecule has 51 heavy (non-hydrogen) atoms. The van der Waals surface area contributed by atoms with Gasteiger partial charge in [0.2, 0.25) is 0 Å². The summed E-state index contributed by atoms with van der Waals surface area (Å²) >= 11 is 0. The van der Waals surface area contributed by atoms with E-state index in [1.807, 2.05) is 30.7 Å². The van der Waals surface area contributed by atoms with Crippen LogP contribution in [0.5, 0.6) is 5.75 Å². The van der Waals surface area contributed by atoms with Crippen molar-refractivity contribution in [2.75, 3.05) is 51.2 Å². The molecule has 3 aromatic heterocycles. The van der Waals surface area contributed by atoms with Gasteiger partial charge in [-0.15, -0.1) is 0 Å². The maximum absolute atomic E-state index is 15.1. The molecule has 1 aromatic carbocycles. The number of likely N-dealkylation sites (tertiary alicyclic amines) is 1. The lowest BCUT2D eigenvalue weighted by Crippen LogP contribution is -2.25. The van der Waals surface area contributed by atoms with Crippen molar-refractivity contribution in [3.63, 3.8) is 0 Å². The van der Waals surface area contributed by atoms with E-state index in [0.717, 1.165) is 94.9 Å². The van der Waals surface area contributed by atoms with Crippen LogP contribution < -0.4 is 15.4 Å². The maximum atomic E-state index is 15.1. The number of halogens is 1. The topological polar surface area (TPSA) is 103 Å². The second-order valence-electron chi connectivity index (χ2n) is 14.4. The number of nitrogens with zero attached hydrogens (tertiary/aromatic N) is 5. The van der Waals surface area contributed by atoms with Crippen molar-refractivity contribution in [3.05, 3.63) is 106 Å². The Bertz CT molecular complexity index is 1970. The highest BCUT2D eigenvalue weighted by atomic mass is 19.1. The lowest BCUT2D eigenvalue weighted by Gasteiger charge is -2.15. The first-order valence-corrected chi connectivity index (χ1v) is 18.6. The third-order valence-electron chi connectivity index (χ3n) is 10.5. The fourth-order valence-corrected chi connectivity index (χ4v) is 7.80. The van der Waals surface area contributed by atoms with Crippen molar-refractivity contribution in [2.24, 2.45) is 10.9 Å². The summed E-state index contributed by atoms with van der Waals surface area (Å²) in [6.07, 6.45) is 18.4. The zero-order valence-electron chi connectivity index (χ0n) is 29.5. The van der Waals surface area contributed by atoms with Crippen LogP contribution in [0.1, 0.15) is 79.4 Å². The van der Waals surface area contributed by atoms with Gasteiger partial charge < -0.3 is 20.4 Å². The highest BCUT2D eigenvalue weighted by Crippen LogP contribution is 2.34. The van der Waals surface area contributed by atoms with Gasteiger partial charge in [0.15, 0.2) is 5.82 Å². The molecule has 1 saturated heterocycles. The number of allylic oxidation sites excluding steroid dienone is 3. The molecule has 0 unspecified atom stereocenters. The molecule has 3 N–H and O–H groups in total. The van der Waals surface area contributed by atoms with Crippen LogP contribution in [0.2, 0.25) is 0 Å². The van der Waals surface area contributed by atoms with Crippen LogP contribution in [0.25, 0.3) is 16.8 Å². The Hall–Kier alpha value is -4.67. The fraction of sp³-hybridized carbons (Fsp3) is 0.415. The minimum Gasteiger partial charge on any atom is -0.492 e. The Morgan fingerprint density at radius 2 is 1.86 bits per heavy atom. The zero-order valence-corrected chi connectivity index (χ0v) is 29.5. The molecule has 9 nitrogen and oxygen atoms in total. The third kappa shape index (κ3) is 7.82. The first kappa shape index (κ1) is 33.5. The Morgan fingerprint density at radius 1 is 0.980 bits per heavy atom. The van der Waals surface area contributed by atoms with E-state index in [0.29, 0.717) is 37.7 Å². The maximum Gasteiger partial charge on any atom is 0.157 e. The van der Waals surface area contributed by atoms with E-state index in [1.54, 1.807) is 6.07 Å². The number of ether oxygens (including phenoxy) is 1. The zero-order chi connectivity index (χ0) is 34.6. The van der Waals surface area contributed by atoms with E-state index in [4.69, 9.17) is 19.7 Å². The molecule has 5 heterocycles. The van der Waals surface area contributed by atoms with Crippen molar-refractivity contribution in [1.29, 1.82) is 0 Å². The lowest BCUT2D eigenvalue weighted by molar-refractivity contribution is 0.237. The van der Waals surface area contributed by atoms with Crippen LogP contribution in [0, 0.1) is 11.7 Å². The van der Waals surface area contributed by atoms with Crippen LogP contribution in [0.15, 0.2) is 71.6 Å². The van der Waals surface area contributed by atoms with Gasteiger partial charge in [-0.05, 0) is 93.6 Å². The molecule has 0 bridgehead atoms. The third-order valence-corrected chi connectivity index (χ3v) is 10.5. The number of pyridine rings is 2. The van der Waals surface area contributed by atoms with Crippen molar-refractivity contribution >= 4 is 17.0 Å². The predicted molar refractivity (Wildman–Crippen MR) is 201 cm³/mol. The molecule has 2 aliphatic heterocycles. The standard InChI is InChI=1S/C41H47FN8O/c1-27-8-9-34(30-18-32(42)20-33(19-30)51-15-14-50-12-4-5-13-50)39-37(16-27)48-41(49-39)40-35-21-36(47-26-38(35)45-10-11-46-40)31-17-29(24-44-25-31)23-43-22-28-6-2-3-7-28/h8-9,17-21,24-26,28,43,45H,2-7,10-16,22-23H2,1H3,(H,48,49). The molecule has 4 aliphatic rings. The molecule has 0 radical (unpaired) electrons. The summed E-state index contributed by atoms with van der Waals surface area (Å²) in [6.45, 7) is 8.82. The lowest BCUT2D eigenvalue weighted by atomic mass is 10.0. The Labute approximate surface area is 299 Å². The molecule has 8 rings (SSSR count). The molecule has 1 saturated carbocycles. The number of benzene rings is 1. The number of aromatic nitrogens is 4. The molecule has 0 spiro atoms. The van der Waals surface area contributed by atoms with Gasteiger partial charge in [0, 0.05) is 66.9 Å². The average molecular weight is 687 g/mol. The van der Waals surface area contributed by atoms with E-state index in [-0.39, 0.29) is 5.82 Å². The van der Waals surface area contributed by atoms with E-state index in [2.05, 4.69) is 50.6 Å². The largest absolute Gasteiger partial charge is 0.492 e. The molecule has 0 atom stereocenters. The SMILES string of the molecule is CC1=CC=C(c2cc(F)cc(OCCN3CCCC3)c2)c2nc(C3=NCCNc4cnc(-c5cncc(CNCC6CCCC6)c5)cc43)[nH]c2C1. The van der Waals surface area contributed by atoms with Gasteiger partial charge in [0.05, 0.1) is 29.8 Å². The average Bonchev–Trinajstić information content (AvgIpc) is 3.89. The number of imidazole rings is 1. The molecular weight excluding hydrogens is 640 g/mol. The van der Waals surface area contributed by atoms with Gasteiger partial charge in [-0.25, -0.2) is 9.37 Å². The van der Waals surface area contributed by atoms with Crippen molar-refractivity contribution in [2.45, 2.75) is 58.4 Å². The second kappa shape index (κ2) is 15.3. The smallest absolute Gasteiger partial charge is 0.157 e. The monoisotopic (exact) mass is 686 g/mol. The fourth-order valence-electron chi connectivity index (χ4n) is 7.80. The Balaban J connectivity index is 1.07. The number of hydrogen-bond acceptors (Lipinski definition) is 8. The number of hydrogen-bond donors (Lipinski definition) is 3. The highest BCUT2D eigenvalue weighted by Gasteiger charge is 2.25. The molecule has 4 aromatic rings. The molecule has 2 fully saturated rings. The quantitative estimate of drug-likeness (QED) is 0.157. The number of anilines is 1. The van der Waals surface area contributed by atoms with Crippen molar-refractivity contribution in [3.8, 4) is 17.0 Å². The second-order valence-corrected chi connectivity index (χ2v) is 14.4. The first-order chi connectivity index (χ1) is 25.1. The summed E-state index contributed by atoms with van der Waals surface area (Å²) in [5.74, 6) is 1.67. The number of H-pyrrole nitrogens is 1. The number of rotatable bonds is 11. The van der Waals surface area contributed by atoms with Gasteiger partial charge >= 0.3 is 0 Å². The van der Waals surface area contributed by atoms with Crippen molar-refractivity contribution in [1.82, 2.24) is 30.2 Å². The molecular formula is C41H47FN8O. The van der Waals surface area contributed by atoms with E-state index < -0.39 is 0 Å². The van der Waals surface area contributed by atoms with Gasteiger partial charge in [0.25, 0.3) is 0 Å². The first-order valence-electron chi connectivity index (χ1n) is 18.6. The van der Waals surface area contributed by atoms with Gasteiger partial charge in [-0.3, -0.25) is 19.9 Å². The van der Waals surface area contributed by atoms with E-state index in [9.17, 15) is 0 Å². The summed E-state index contributed by atoms with van der Waals surface area (Å²) in [6, 6.07) is 9.23. The van der Waals surface area contributed by atoms with Gasteiger partial charge in [0.1, 0.15) is 23.9 Å². The van der Waals surface area contributed by atoms with Crippen LogP contribution >= 0.6 is 0 Å². The molecule has 10 heteroatoms. The highest BCUT2D eigenvalue weighted by molar-refractivity contribution is 6.15. The van der Waals surface area contributed by atoms with E-state index in [1.165, 1.54) is 50.2 Å². The van der Waals surface area contributed by atoms with Crippen LogP contribution in [0.4, 0.5) is 10.1 Å². The van der Waals surface area contributed by atoms with Crippen molar-refractivity contribution < 1.29 is 9.13 Å². The predicted octanol–water partition coefficient (Wildman–Crippen LogP) is 6.96. The van der Waals surface area contributed by atoms with Gasteiger partial charge in [-0.2, -0.15) is 0 Å². The van der Waals surface area contributed by atoms with Crippen LogP contribution in [0.3, 0.4) is 0 Å². The summed E-state index contributed by atoms with van der Waals surface area (Å²) < 4.78 is 21.2. The number of fused-ring (bicyclic) bond motifs is 2. The van der Waals surface area contributed by atoms with Crippen LogP contribution in [-0.2, 0) is 13.0 Å². The van der Waals surface area contributed by atoms with Crippen LogP contribution in [-0.4, -0.2) is 76.4 Å². The molecule has 0 amide bonds. The summed E-state index contributed by atoms with van der Waals surface area (Å²) in [5, 5.41) is 7.15. The van der Waals surface area contributed by atoms with Gasteiger partial charge in [-0.1, -0.05) is 30.6 Å². The Morgan fingerprint density at radius 3 is 2.75 bits per heavy atom. The van der Waals surface area contributed by atoms with E-state index >= 15 is 4.39 Å². The minimum absolute atomic E-state index is 0.330. The number of aliphatic imine (C=N–C) groups is 1. The summed E-state index contributed by atoms with van der Waals surface area (Å²) in [4.78, 5) is 25.7. The number of nitrogens with one attached hydrogen (secondary N) is 3. The number of aromatic amines is 1. The summed E-state index contributed by atoms with van der Waals surface area (Å²) in [5.41, 5.74) is 10.1. The molecule has 2 aliphatic carbocycles.